The van der Waals surface area contributed by atoms with Crippen molar-refractivity contribution in [1.29, 1.82) is 5.26 Å². The third kappa shape index (κ3) is 2.20. The molecular formula is C9H8N2O2. The van der Waals surface area contributed by atoms with Crippen LogP contribution in [0.5, 0.6) is 0 Å². The summed E-state index contributed by atoms with van der Waals surface area (Å²) in [7, 11) is 1.82. The first-order chi connectivity index (χ1) is 6.13. The summed E-state index contributed by atoms with van der Waals surface area (Å²) in [6, 6.07) is 3.35. The molecule has 1 heterocycles. The van der Waals surface area contributed by atoms with Gasteiger partial charge in [-0.15, -0.1) is 0 Å². The largest absolute Gasteiger partial charge is 0.477 e. The molecule has 1 rings (SSSR count). The lowest BCUT2D eigenvalue weighted by Crippen LogP contribution is -1.96. The summed E-state index contributed by atoms with van der Waals surface area (Å²) in [5, 5.41) is 17.0. The Kier molecular flexibility index (Phi) is 2.50. The van der Waals surface area contributed by atoms with Crippen LogP contribution in [0.4, 0.5) is 0 Å². The second kappa shape index (κ2) is 3.59. The molecule has 0 aliphatic carbocycles. The van der Waals surface area contributed by atoms with Gasteiger partial charge in [0.05, 0.1) is 0 Å². The molecule has 1 aromatic heterocycles. The Labute approximate surface area is 75.3 Å². The number of aliphatic carboxylic acids is 1. The molecule has 0 fully saturated rings. The van der Waals surface area contributed by atoms with Crippen LogP contribution in [0.2, 0.25) is 0 Å². The average molecular weight is 176 g/mol. The molecule has 0 amide bonds. The van der Waals surface area contributed by atoms with Crippen LogP contribution in [-0.4, -0.2) is 15.6 Å². The van der Waals surface area contributed by atoms with E-state index in [1.807, 2.05) is 7.05 Å². The highest BCUT2D eigenvalue weighted by atomic mass is 16.4. The maximum Gasteiger partial charge on any atom is 0.346 e. The quantitative estimate of drug-likeness (QED) is 0.540. The fraction of sp³-hybridized carbons (Fsp3) is 0.111. The Balaban J connectivity index is 3.00. The Morgan fingerprint density at radius 3 is 2.85 bits per heavy atom. The third-order valence-electron chi connectivity index (χ3n) is 1.52. The molecule has 0 saturated carbocycles. The number of hydrogen-bond donors (Lipinski definition) is 1. The van der Waals surface area contributed by atoms with Crippen LogP contribution < -0.4 is 0 Å². The first-order valence-corrected chi connectivity index (χ1v) is 3.60. The average Bonchev–Trinajstić information content (AvgIpc) is 2.46. The van der Waals surface area contributed by atoms with Crippen molar-refractivity contribution < 1.29 is 9.90 Å². The molecule has 0 atom stereocenters. The van der Waals surface area contributed by atoms with E-state index in [-0.39, 0.29) is 5.57 Å². The van der Waals surface area contributed by atoms with Crippen LogP contribution in [-0.2, 0) is 11.8 Å². The molecule has 0 bridgehead atoms. The number of rotatable bonds is 2. The van der Waals surface area contributed by atoms with E-state index in [0.29, 0.717) is 5.56 Å². The highest BCUT2D eigenvalue weighted by Gasteiger charge is 2.05. The molecule has 0 saturated heterocycles. The van der Waals surface area contributed by atoms with Crippen molar-refractivity contribution >= 4 is 12.0 Å². The van der Waals surface area contributed by atoms with Gasteiger partial charge in [0.25, 0.3) is 0 Å². The maximum atomic E-state index is 10.4. The van der Waals surface area contributed by atoms with E-state index in [4.69, 9.17) is 10.4 Å². The van der Waals surface area contributed by atoms with E-state index < -0.39 is 5.97 Å². The van der Waals surface area contributed by atoms with Gasteiger partial charge in [-0.05, 0) is 17.7 Å². The van der Waals surface area contributed by atoms with Crippen LogP contribution in [0.3, 0.4) is 0 Å². The van der Waals surface area contributed by atoms with Crippen molar-refractivity contribution in [1.82, 2.24) is 4.57 Å². The first-order valence-electron chi connectivity index (χ1n) is 3.60. The number of carboxylic acids is 1. The number of aromatic nitrogens is 1. The van der Waals surface area contributed by atoms with Crippen molar-refractivity contribution in [2.24, 2.45) is 7.05 Å². The second-order valence-electron chi connectivity index (χ2n) is 2.59. The third-order valence-corrected chi connectivity index (χ3v) is 1.52. The minimum absolute atomic E-state index is 0.258. The molecule has 66 valence electrons. The predicted octanol–water partition coefficient (Wildman–Crippen LogP) is 1.02. The molecule has 1 aromatic rings. The summed E-state index contributed by atoms with van der Waals surface area (Å²) in [6.45, 7) is 0. The lowest BCUT2D eigenvalue weighted by atomic mass is 10.2. The summed E-state index contributed by atoms with van der Waals surface area (Å²) < 4.78 is 1.78. The predicted molar refractivity (Wildman–Crippen MR) is 46.6 cm³/mol. The minimum atomic E-state index is -1.20. The van der Waals surface area contributed by atoms with Crippen molar-refractivity contribution in [2.75, 3.05) is 0 Å². The summed E-state index contributed by atoms with van der Waals surface area (Å²) in [4.78, 5) is 10.4. The molecule has 0 radical (unpaired) electrons. The fourth-order valence-corrected chi connectivity index (χ4v) is 0.919. The van der Waals surface area contributed by atoms with Crippen molar-refractivity contribution in [3.63, 3.8) is 0 Å². The lowest BCUT2D eigenvalue weighted by molar-refractivity contribution is -0.132. The van der Waals surface area contributed by atoms with Gasteiger partial charge in [-0.2, -0.15) is 5.26 Å². The van der Waals surface area contributed by atoms with Gasteiger partial charge in [0.2, 0.25) is 0 Å². The molecule has 0 aliphatic rings. The molecule has 0 aliphatic heterocycles. The molecule has 1 N–H and O–H groups in total. The summed E-state index contributed by atoms with van der Waals surface area (Å²) >= 11 is 0. The smallest absolute Gasteiger partial charge is 0.346 e. The van der Waals surface area contributed by atoms with Crippen molar-refractivity contribution in [2.45, 2.75) is 0 Å². The lowest BCUT2D eigenvalue weighted by Gasteiger charge is -1.88. The highest BCUT2D eigenvalue weighted by molar-refractivity contribution is 5.96. The van der Waals surface area contributed by atoms with Gasteiger partial charge in [0.15, 0.2) is 0 Å². The van der Waals surface area contributed by atoms with Crippen LogP contribution in [0.25, 0.3) is 6.08 Å². The van der Waals surface area contributed by atoms with Gasteiger partial charge in [-0.1, -0.05) is 0 Å². The molecule has 0 unspecified atom stereocenters. The summed E-state index contributed by atoms with van der Waals surface area (Å²) in [5.74, 6) is -1.20. The standard InChI is InChI=1S/C9H8N2O2/c1-11-3-2-7(6-11)4-8(5-10)9(12)13/h2-4,6H,1H3,(H,12,13)/b8-4+. The number of hydrogen-bond acceptors (Lipinski definition) is 2. The SMILES string of the molecule is Cn1ccc(/C=C(\C#N)C(=O)O)c1. The van der Waals surface area contributed by atoms with Gasteiger partial charge in [-0.25, -0.2) is 4.79 Å². The van der Waals surface area contributed by atoms with Gasteiger partial charge >= 0.3 is 5.97 Å². The van der Waals surface area contributed by atoms with Gasteiger partial charge < -0.3 is 9.67 Å². The van der Waals surface area contributed by atoms with Crippen LogP contribution in [0, 0.1) is 11.3 Å². The molecular weight excluding hydrogens is 168 g/mol. The molecule has 13 heavy (non-hydrogen) atoms. The number of nitriles is 1. The topological polar surface area (TPSA) is 66.0 Å². The highest BCUT2D eigenvalue weighted by Crippen LogP contribution is 2.06. The van der Waals surface area contributed by atoms with Gasteiger partial charge in [-0.3, -0.25) is 0 Å². The molecule has 0 aromatic carbocycles. The Morgan fingerprint density at radius 2 is 2.46 bits per heavy atom. The van der Waals surface area contributed by atoms with E-state index in [9.17, 15) is 4.79 Å². The van der Waals surface area contributed by atoms with Gasteiger partial charge in [0, 0.05) is 19.4 Å². The molecule has 0 spiro atoms. The number of nitrogens with zero attached hydrogens (tertiary/aromatic N) is 2. The van der Waals surface area contributed by atoms with Crippen LogP contribution in [0.15, 0.2) is 24.0 Å². The zero-order valence-corrected chi connectivity index (χ0v) is 7.06. The molecule has 4 nitrogen and oxygen atoms in total. The van der Waals surface area contributed by atoms with Crippen LogP contribution in [0.1, 0.15) is 5.56 Å². The Hall–Kier alpha value is -2.02. The Morgan fingerprint density at radius 1 is 1.77 bits per heavy atom. The maximum absolute atomic E-state index is 10.4. The summed E-state index contributed by atoms with van der Waals surface area (Å²) in [5.41, 5.74) is 0.452. The second-order valence-corrected chi connectivity index (χ2v) is 2.59. The zero-order chi connectivity index (χ0) is 9.84. The van der Waals surface area contributed by atoms with E-state index >= 15 is 0 Å². The van der Waals surface area contributed by atoms with Gasteiger partial charge in [0.1, 0.15) is 11.6 Å². The van der Waals surface area contributed by atoms with E-state index in [2.05, 4.69) is 0 Å². The van der Waals surface area contributed by atoms with E-state index in [1.165, 1.54) is 6.08 Å². The van der Waals surface area contributed by atoms with E-state index in [0.717, 1.165) is 0 Å². The minimum Gasteiger partial charge on any atom is -0.477 e. The zero-order valence-electron chi connectivity index (χ0n) is 7.06. The Bertz CT molecular complexity index is 396. The number of carbonyl (C=O) groups is 1. The van der Waals surface area contributed by atoms with Crippen molar-refractivity contribution in [3.8, 4) is 6.07 Å². The number of aryl methyl sites for hydroxylation is 1. The fourth-order valence-electron chi connectivity index (χ4n) is 0.919. The number of carboxylic acid groups (broad SMARTS) is 1. The van der Waals surface area contributed by atoms with Crippen LogP contribution >= 0.6 is 0 Å². The normalized spacial score (nSPS) is 10.9. The van der Waals surface area contributed by atoms with Crippen molar-refractivity contribution in [3.05, 3.63) is 29.6 Å². The van der Waals surface area contributed by atoms with E-state index in [1.54, 1.807) is 29.1 Å². The molecule has 4 heteroatoms. The monoisotopic (exact) mass is 176 g/mol. The first kappa shape index (κ1) is 9.07. The summed E-state index contributed by atoms with van der Waals surface area (Å²) in [6.07, 6.45) is 4.85.